The van der Waals surface area contributed by atoms with Crippen molar-refractivity contribution in [3.63, 3.8) is 0 Å². The Hall–Kier alpha value is -1.29. The Balaban J connectivity index is 2.18. The van der Waals surface area contributed by atoms with E-state index >= 15 is 0 Å². The normalized spacial score (nSPS) is 17.1. The molecular formula is C13H11BrO3. The molecule has 0 N–H and O–H groups in total. The van der Waals surface area contributed by atoms with Gasteiger partial charge in [-0.1, -0.05) is 15.9 Å². The minimum Gasteiger partial charge on any atom is -0.468 e. The molecule has 1 saturated carbocycles. The van der Waals surface area contributed by atoms with Crippen molar-refractivity contribution in [2.24, 2.45) is 0 Å². The molecule has 0 radical (unpaired) electrons. The number of hydrogen-bond acceptors (Lipinski definition) is 3. The molecule has 17 heavy (non-hydrogen) atoms. The summed E-state index contributed by atoms with van der Waals surface area (Å²) in [6.07, 6.45) is 3.35. The summed E-state index contributed by atoms with van der Waals surface area (Å²) in [7, 11) is 1.43. The van der Waals surface area contributed by atoms with Gasteiger partial charge in [-0.2, -0.15) is 0 Å². The van der Waals surface area contributed by atoms with E-state index in [4.69, 9.17) is 9.15 Å². The van der Waals surface area contributed by atoms with E-state index in [1.165, 1.54) is 7.11 Å². The van der Waals surface area contributed by atoms with Crippen LogP contribution in [0.15, 0.2) is 33.4 Å². The fraction of sp³-hybridized carbons (Fsp3) is 0.308. The molecule has 2 aromatic rings. The standard InChI is InChI=1S/C13H11BrO3/c1-16-12(15)13(4-5-13)10-7-17-11-3-2-8(14)6-9(10)11/h2-3,6-7H,4-5H2,1H3. The van der Waals surface area contributed by atoms with Crippen LogP contribution in [0.4, 0.5) is 0 Å². The molecule has 0 atom stereocenters. The molecule has 1 aliphatic rings. The van der Waals surface area contributed by atoms with Crippen molar-refractivity contribution in [3.05, 3.63) is 34.5 Å². The van der Waals surface area contributed by atoms with Crippen LogP contribution in [0.1, 0.15) is 18.4 Å². The Morgan fingerprint density at radius 3 is 2.88 bits per heavy atom. The van der Waals surface area contributed by atoms with Crippen molar-refractivity contribution < 1.29 is 13.9 Å². The summed E-state index contributed by atoms with van der Waals surface area (Å²) >= 11 is 3.43. The number of halogens is 1. The van der Waals surface area contributed by atoms with Crippen molar-refractivity contribution in [2.75, 3.05) is 7.11 Å². The third-order valence-electron chi connectivity index (χ3n) is 3.38. The Labute approximate surface area is 107 Å². The third-order valence-corrected chi connectivity index (χ3v) is 3.87. The monoisotopic (exact) mass is 294 g/mol. The molecule has 1 fully saturated rings. The molecule has 1 aromatic carbocycles. The number of esters is 1. The van der Waals surface area contributed by atoms with Gasteiger partial charge < -0.3 is 9.15 Å². The first-order valence-corrected chi connectivity index (χ1v) is 6.22. The van der Waals surface area contributed by atoms with Crippen molar-refractivity contribution in [1.82, 2.24) is 0 Å². The largest absolute Gasteiger partial charge is 0.468 e. The molecule has 4 heteroatoms. The van der Waals surface area contributed by atoms with E-state index in [1.807, 2.05) is 18.2 Å². The smallest absolute Gasteiger partial charge is 0.316 e. The van der Waals surface area contributed by atoms with Crippen LogP contribution < -0.4 is 0 Å². The second-order valence-electron chi connectivity index (χ2n) is 4.36. The number of carbonyl (C=O) groups is 1. The number of rotatable bonds is 2. The van der Waals surface area contributed by atoms with E-state index in [0.717, 1.165) is 33.8 Å². The highest BCUT2D eigenvalue weighted by atomic mass is 79.9. The van der Waals surface area contributed by atoms with Gasteiger partial charge in [-0.3, -0.25) is 4.79 Å². The van der Waals surface area contributed by atoms with Crippen molar-refractivity contribution in [1.29, 1.82) is 0 Å². The lowest BCUT2D eigenvalue weighted by atomic mass is 9.96. The summed E-state index contributed by atoms with van der Waals surface area (Å²) in [5, 5.41) is 0.988. The maximum Gasteiger partial charge on any atom is 0.316 e. The van der Waals surface area contributed by atoms with Gasteiger partial charge in [0.15, 0.2) is 0 Å². The van der Waals surface area contributed by atoms with Crippen molar-refractivity contribution in [3.8, 4) is 0 Å². The van der Waals surface area contributed by atoms with Gasteiger partial charge in [0.1, 0.15) is 5.58 Å². The zero-order chi connectivity index (χ0) is 12.0. The van der Waals surface area contributed by atoms with Gasteiger partial charge in [-0.05, 0) is 31.0 Å². The van der Waals surface area contributed by atoms with Gasteiger partial charge in [0.25, 0.3) is 0 Å². The van der Waals surface area contributed by atoms with Gasteiger partial charge in [0.05, 0.1) is 18.8 Å². The Bertz CT molecular complexity index is 596. The molecule has 0 aliphatic heterocycles. The van der Waals surface area contributed by atoms with Crippen molar-refractivity contribution in [2.45, 2.75) is 18.3 Å². The van der Waals surface area contributed by atoms with Crippen LogP contribution in [0.5, 0.6) is 0 Å². The molecule has 3 rings (SSSR count). The van der Waals surface area contributed by atoms with E-state index in [-0.39, 0.29) is 5.97 Å². The van der Waals surface area contributed by atoms with E-state index in [2.05, 4.69) is 15.9 Å². The zero-order valence-electron chi connectivity index (χ0n) is 9.33. The first-order valence-electron chi connectivity index (χ1n) is 5.43. The summed E-state index contributed by atoms with van der Waals surface area (Å²) in [6.45, 7) is 0. The minimum atomic E-state index is -0.471. The molecule has 1 aromatic heterocycles. The first kappa shape index (κ1) is 10.8. The van der Waals surface area contributed by atoms with E-state index in [9.17, 15) is 4.79 Å². The van der Waals surface area contributed by atoms with Crippen LogP contribution in [0.3, 0.4) is 0 Å². The molecule has 0 spiro atoms. The number of hydrogen-bond donors (Lipinski definition) is 0. The number of methoxy groups -OCH3 is 1. The van der Waals surface area contributed by atoms with Crippen LogP contribution in [0, 0.1) is 0 Å². The van der Waals surface area contributed by atoms with Crippen molar-refractivity contribution >= 4 is 32.9 Å². The molecular weight excluding hydrogens is 284 g/mol. The van der Waals surface area contributed by atoms with Crippen LogP contribution >= 0.6 is 15.9 Å². The molecule has 0 bridgehead atoms. The average Bonchev–Trinajstić information content (AvgIpc) is 3.03. The molecule has 1 heterocycles. The molecule has 88 valence electrons. The minimum absolute atomic E-state index is 0.167. The summed E-state index contributed by atoms with van der Waals surface area (Å²) in [5.74, 6) is -0.167. The van der Waals surface area contributed by atoms with Gasteiger partial charge in [0.2, 0.25) is 0 Å². The quantitative estimate of drug-likeness (QED) is 0.797. The maximum absolute atomic E-state index is 11.8. The highest BCUT2D eigenvalue weighted by Crippen LogP contribution is 2.51. The SMILES string of the molecule is COC(=O)C1(c2coc3ccc(Br)cc23)CC1. The van der Waals surface area contributed by atoms with Gasteiger partial charge in [0, 0.05) is 15.4 Å². The number of furan rings is 1. The highest BCUT2D eigenvalue weighted by Gasteiger charge is 2.54. The zero-order valence-corrected chi connectivity index (χ0v) is 10.9. The van der Waals surface area contributed by atoms with Crippen LogP contribution in [0.2, 0.25) is 0 Å². The fourth-order valence-electron chi connectivity index (χ4n) is 2.28. The van der Waals surface area contributed by atoms with Gasteiger partial charge in [-0.25, -0.2) is 0 Å². The number of benzene rings is 1. The van der Waals surface area contributed by atoms with Crippen LogP contribution in [-0.2, 0) is 14.9 Å². The summed E-state index contributed by atoms with van der Waals surface area (Å²) in [5.41, 5.74) is 1.28. The van der Waals surface area contributed by atoms with Crippen LogP contribution in [0.25, 0.3) is 11.0 Å². The predicted octanol–water partition coefficient (Wildman–Crippen LogP) is 3.40. The maximum atomic E-state index is 11.8. The number of fused-ring (bicyclic) bond motifs is 1. The second kappa shape index (κ2) is 3.60. The lowest BCUT2D eigenvalue weighted by Gasteiger charge is -2.10. The second-order valence-corrected chi connectivity index (χ2v) is 5.28. The van der Waals surface area contributed by atoms with E-state index in [0.29, 0.717) is 0 Å². The molecule has 1 aliphatic carbocycles. The average molecular weight is 295 g/mol. The topological polar surface area (TPSA) is 39.4 Å². The van der Waals surface area contributed by atoms with Crippen LogP contribution in [-0.4, -0.2) is 13.1 Å². The van der Waals surface area contributed by atoms with E-state index < -0.39 is 5.41 Å². The highest BCUT2D eigenvalue weighted by molar-refractivity contribution is 9.10. The Morgan fingerprint density at radius 1 is 1.47 bits per heavy atom. The van der Waals surface area contributed by atoms with Gasteiger partial charge in [-0.15, -0.1) is 0 Å². The predicted molar refractivity (Wildman–Crippen MR) is 66.8 cm³/mol. The Kier molecular flexibility index (Phi) is 2.30. The fourth-order valence-corrected chi connectivity index (χ4v) is 2.64. The molecule has 0 unspecified atom stereocenters. The third kappa shape index (κ3) is 1.51. The molecule has 3 nitrogen and oxygen atoms in total. The van der Waals surface area contributed by atoms with E-state index in [1.54, 1.807) is 6.26 Å². The molecule has 0 saturated heterocycles. The lowest BCUT2D eigenvalue weighted by molar-refractivity contribution is -0.143. The summed E-state index contributed by atoms with van der Waals surface area (Å²) in [4.78, 5) is 11.8. The lowest BCUT2D eigenvalue weighted by Crippen LogP contribution is -2.21. The number of ether oxygens (including phenoxy) is 1. The summed E-state index contributed by atoms with van der Waals surface area (Å²) in [6, 6.07) is 5.81. The summed E-state index contributed by atoms with van der Waals surface area (Å²) < 4.78 is 11.4. The first-order chi connectivity index (χ1) is 8.17. The van der Waals surface area contributed by atoms with Gasteiger partial charge >= 0.3 is 5.97 Å². The number of carbonyl (C=O) groups excluding carboxylic acids is 1. The Morgan fingerprint density at radius 2 is 2.24 bits per heavy atom. The molecule has 0 amide bonds.